The van der Waals surface area contributed by atoms with Crippen LogP contribution >= 0.6 is 12.4 Å². The van der Waals surface area contributed by atoms with Crippen LogP contribution in [0.1, 0.15) is 50.5 Å². The molecule has 2 saturated heterocycles. The molecule has 2 aliphatic heterocycles. The molecule has 1 aromatic rings. The van der Waals surface area contributed by atoms with Gasteiger partial charge in [-0.1, -0.05) is 25.1 Å². The van der Waals surface area contributed by atoms with Crippen molar-refractivity contribution >= 4 is 24.2 Å². The summed E-state index contributed by atoms with van der Waals surface area (Å²) in [4.78, 5) is 27.0. The average Bonchev–Trinajstić information content (AvgIpc) is 3.27. The molecular weight excluding hydrogens is 390 g/mol. The van der Waals surface area contributed by atoms with Gasteiger partial charge in [0.1, 0.15) is 5.75 Å². The number of benzene rings is 1. The van der Waals surface area contributed by atoms with Gasteiger partial charge in [-0.05, 0) is 55.7 Å². The zero-order chi connectivity index (χ0) is 19.9. The fraction of sp³-hybridized carbons (Fsp3) is 0.636. The van der Waals surface area contributed by atoms with E-state index in [0.717, 1.165) is 56.6 Å². The number of nitrogens with zero attached hydrogens (tertiary/aromatic N) is 1. The molecule has 2 N–H and O–H groups in total. The summed E-state index contributed by atoms with van der Waals surface area (Å²) >= 11 is 0. The highest BCUT2D eigenvalue weighted by atomic mass is 35.5. The van der Waals surface area contributed by atoms with Crippen LogP contribution in [-0.2, 0) is 9.59 Å². The molecule has 0 radical (unpaired) electrons. The lowest BCUT2D eigenvalue weighted by Gasteiger charge is -2.34. The van der Waals surface area contributed by atoms with Gasteiger partial charge in [0.25, 0.3) is 0 Å². The number of rotatable bonds is 7. The summed E-state index contributed by atoms with van der Waals surface area (Å²) in [5, 5.41) is 6.31. The molecular formula is C22H34ClN3O3. The summed E-state index contributed by atoms with van der Waals surface area (Å²) in [6, 6.07) is 7.86. The maximum absolute atomic E-state index is 12.9. The number of methoxy groups -OCH3 is 1. The first-order valence-corrected chi connectivity index (χ1v) is 10.5. The summed E-state index contributed by atoms with van der Waals surface area (Å²) in [6.45, 7) is 5.20. The van der Waals surface area contributed by atoms with Gasteiger partial charge >= 0.3 is 0 Å². The number of halogens is 1. The van der Waals surface area contributed by atoms with E-state index in [2.05, 4.69) is 17.6 Å². The molecule has 1 aromatic carbocycles. The minimum atomic E-state index is -0.0389. The smallest absolute Gasteiger partial charge is 0.237 e. The van der Waals surface area contributed by atoms with Crippen molar-refractivity contribution in [3.8, 4) is 5.75 Å². The van der Waals surface area contributed by atoms with Crippen LogP contribution in [0.4, 0.5) is 0 Å². The van der Waals surface area contributed by atoms with Gasteiger partial charge in [0.05, 0.1) is 13.2 Å². The molecule has 29 heavy (non-hydrogen) atoms. The summed E-state index contributed by atoms with van der Waals surface area (Å²) in [6.07, 6.45) is 4.52. The van der Waals surface area contributed by atoms with E-state index in [1.54, 1.807) is 7.11 Å². The maximum atomic E-state index is 12.9. The number of hydrogen-bond donors (Lipinski definition) is 2. The zero-order valence-electron chi connectivity index (χ0n) is 17.5. The predicted octanol–water partition coefficient (Wildman–Crippen LogP) is 2.72. The topological polar surface area (TPSA) is 70.7 Å². The fourth-order valence-electron chi connectivity index (χ4n) is 4.31. The first-order chi connectivity index (χ1) is 13.6. The molecule has 0 saturated carbocycles. The quantitative estimate of drug-likeness (QED) is 0.707. The molecule has 0 aliphatic carbocycles. The number of carbonyl (C=O) groups is 2. The number of piperidine rings is 1. The number of ether oxygens (including phenoxy) is 1. The number of amides is 2. The third-order valence-electron chi connectivity index (χ3n) is 5.96. The number of para-hydroxylation sites is 1. The van der Waals surface area contributed by atoms with E-state index < -0.39 is 0 Å². The van der Waals surface area contributed by atoms with Crippen LogP contribution in [0.5, 0.6) is 5.75 Å². The lowest BCUT2D eigenvalue weighted by molar-refractivity contribution is -0.133. The molecule has 0 bridgehead atoms. The minimum absolute atomic E-state index is 0. The molecule has 3 atom stereocenters. The van der Waals surface area contributed by atoms with E-state index in [9.17, 15) is 9.59 Å². The second kappa shape index (κ2) is 11.4. The zero-order valence-corrected chi connectivity index (χ0v) is 18.3. The summed E-state index contributed by atoms with van der Waals surface area (Å²) in [5.74, 6) is 1.57. The molecule has 2 aliphatic rings. The summed E-state index contributed by atoms with van der Waals surface area (Å²) in [5.41, 5.74) is 1.07. The molecule has 3 unspecified atom stereocenters. The second-order valence-electron chi connectivity index (χ2n) is 8.09. The minimum Gasteiger partial charge on any atom is -0.496 e. The van der Waals surface area contributed by atoms with E-state index in [1.807, 2.05) is 29.2 Å². The Bertz CT molecular complexity index is 679. The molecule has 162 valence electrons. The number of nitrogens with one attached hydrogen (secondary N) is 2. The van der Waals surface area contributed by atoms with Crippen LogP contribution in [0.25, 0.3) is 0 Å². The highest BCUT2D eigenvalue weighted by molar-refractivity contribution is 5.85. The van der Waals surface area contributed by atoms with Gasteiger partial charge in [0, 0.05) is 26.1 Å². The molecule has 3 rings (SSSR count). The van der Waals surface area contributed by atoms with Crippen LogP contribution in [-0.4, -0.2) is 56.0 Å². The van der Waals surface area contributed by atoms with Gasteiger partial charge < -0.3 is 20.3 Å². The van der Waals surface area contributed by atoms with Crippen LogP contribution in [0.15, 0.2) is 24.3 Å². The normalized spacial score (nSPS) is 22.5. The predicted molar refractivity (Wildman–Crippen MR) is 117 cm³/mol. The molecule has 0 aromatic heterocycles. The Hall–Kier alpha value is -1.79. The van der Waals surface area contributed by atoms with Gasteiger partial charge in [-0.25, -0.2) is 0 Å². The monoisotopic (exact) mass is 423 g/mol. The van der Waals surface area contributed by atoms with Gasteiger partial charge in [-0.15, -0.1) is 12.4 Å². The lowest BCUT2D eigenvalue weighted by Crippen LogP contribution is -2.46. The number of hydrogen-bond acceptors (Lipinski definition) is 4. The first-order valence-electron chi connectivity index (χ1n) is 10.5. The van der Waals surface area contributed by atoms with Crippen molar-refractivity contribution in [1.82, 2.24) is 15.5 Å². The molecule has 6 nitrogen and oxygen atoms in total. The van der Waals surface area contributed by atoms with Crippen molar-refractivity contribution < 1.29 is 14.3 Å². The Balaban J connectivity index is 0.00000300. The highest BCUT2D eigenvalue weighted by Crippen LogP contribution is 2.29. The number of likely N-dealkylation sites (tertiary alicyclic amines) is 1. The Morgan fingerprint density at radius 1 is 1.28 bits per heavy atom. The SMILES string of the molecule is COc1ccccc1C(C)CC(=O)N1CCCC(CNC(=O)C2CCCN2)C1.Cl. The third-order valence-corrected chi connectivity index (χ3v) is 5.96. The Labute approximate surface area is 180 Å². The van der Waals surface area contributed by atoms with Gasteiger partial charge in [-0.3, -0.25) is 9.59 Å². The lowest BCUT2D eigenvalue weighted by atomic mass is 9.94. The Morgan fingerprint density at radius 2 is 2.07 bits per heavy atom. The van der Waals surface area contributed by atoms with E-state index in [4.69, 9.17) is 4.74 Å². The Morgan fingerprint density at radius 3 is 2.79 bits per heavy atom. The van der Waals surface area contributed by atoms with Gasteiger partial charge in [0.2, 0.25) is 11.8 Å². The molecule has 2 amide bonds. The third kappa shape index (κ3) is 6.34. The molecule has 7 heteroatoms. The van der Waals surface area contributed by atoms with Gasteiger partial charge in [0.15, 0.2) is 0 Å². The molecule has 2 fully saturated rings. The van der Waals surface area contributed by atoms with Gasteiger partial charge in [-0.2, -0.15) is 0 Å². The molecule has 2 heterocycles. The first kappa shape index (κ1) is 23.5. The standard InChI is InChI=1S/C22H33N3O3.ClH/c1-16(18-8-3-4-10-20(18)28-2)13-21(26)25-12-6-7-17(15-25)14-24-22(27)19-9-5-11-23-19;/h3-4,8,10,16-17,19,23H,5-7,9,11-15H2,1-2H3,(H,24,27);1H. The van der Waals surface area contributed by atoms with Crippen molar-refractivity contribution in [3.63, 3.8) is 0 Å². The van der Waals surface area contributed by atoms with Crippen molar-refractivity contribution in [2.24, 2.45) is 5.92 Å². The van der Waals surface area contributed by atoms with E-state index in [-0.39, 0.29) is 36.2 Å². The van der Waals surface area contributed by atoms with Crippen molar-refractivity contribution in [2.75, 3.05) is 33.3 Å². The largest absolute Gasteiger partial charge is 0.496 e. The van der Waals surface area contributed by atoms with E-state index in [1.165, 1.54) is 0 Å². The van der Waals surface area contributed by atoms with Crippen molar-refractivity contribution in [3.05, 3.63) is 29.8 Å². The van der Waals surface area contributed by atoms with Crippen LogP contribution in [0, 0.1) is 5.92 Å². The van der Waals surface area contributed by atoms with Crippen LogP contribution < -0.4 is 15.4 Å². The average molecular weight is 424 g/mol. The summed E-state index contributed by atoms with van der Waals surface area (Å²) in [7, 11) is 1.66. The fourth-order valence-corrected chi connectivity index (χ4v) is 4.31. The Kier molecular flexibility index (Phi) is 9.24. The van der Waals surface area contributed by atoms with E-state index >= 15 is 0 Å². The number of carbonyl (C=O) groups excluding carboxylic acids is 2. The maximum Gasteiger partial charge on any atom is 0.237 e. The van der Waals surface area contributed by atoms with Crippen molar-refractivity contribution in [1.29, 1.82) is 0 Å². The van der Waals surface area contributed by atoms with E-state index in [0.29, 0.717) is 18.9 Å². The second-order valence-corrected chi connectivity index (χ2v) is 8.09. The van der Waals surface area contributed by atoms with Crippen LogP contribution in [0.3, 0.4) is 0 Å². The van der Waals surface area contributed by atoms with Crippen molar-refractivity contribution in [2.45, 2.75) is 51.0 Å². The van der Waals surface area contributed by atoms with Crippen LogP contribution in [0.2, 0.25) is 0 Å². The highest BCUT2D eigenvalue weighted by Gasteiger charge is 2.27. The summed E-state index contributed by atoms with van der Waals surface area (Å²) < 4.78 is 5.44. The molecule has 0 spiro atoms.